The van der Waals surface area contributed by atoms with E-state index in [-0.39, 0.29) is 11.1 Å². The molecule has 0 bridgehead atoms. The number of aromatic nitrogens is 1. The first-order valence-corrected chi connectivity index (χ1v) is 14.4. The number of benzene rings is 3. The van der Waals surface area contributed by atoms with Gasteiger partial charge in [-0.2, -0.15) is 8.42 Å². The number of hydrogen-bond donors (Lipinski definition) is 3. The van der Waals surface area contributed by atoms with Crippen LogP contribution in [-0.2, 0) is 20.0 Å². The third-order valence-corrected chi connectivity index (χ3v) is 6.64. The molecule has 1 heterocycles. The van der Waals surface area contributed by atoms with E-state index >= 15 is 0 Å². The minimum absolute atomic E-state index is 0.111. The third kappa shape index (κ3) is 9.81. The van der Waals surface area contributed by atoms with Crippen molar-refractivity contribution in [3.63, 3.8) is 0 Å². The molecule has 1 aliphatic carbocycles. The molecular weight excluding hydrogens is 597 g/mol. The number of amides is 1. The smallest absolute Gasteiger partial charge is 0.446 e. The number of pyridine rings is 1. The van der Waals surface area contributed by atoms with Crippen molar-refractivity contribution >= 4 is 45.4 Å². The second-order valence-electron chi connectivity index (χ2n) is 9.60. The summed E-state index contributed by atoms with van der Waals surface area (Å²) in [7, 11) is 0.306. The van der Waals surface area contributed by atoms with Gasteiger partial charge >= 0.3 is 10.4 Å². The summed E-state index contributed by atoms with van der Waals surface area (Å²) in [6.45, 7) is 1.99. The summed E-state index contributed by atoms with van der Waals surface area (Å²) in [6, 6.07) is 16.3. The highest BCUT2D eigenvalue weighted by molar-refractivity contribution is 7.81. The van der Waals surface area contributed by atoms with E-state index in [9.17, 15) is 22.4 Å². The zero-order valence-electron chi connectivity index (χ0n) is 24.4. The monoisotopic (exact) mass is 629 g/mol. The SMILES string of the molecule is CC1(C=O)CC1.CNc1ccc(Oc2ccnc3cc(OC)c(OC)cc23)cc1.O=CNc1ccc(F)c(OS(=O)(=O)O)c1. The van der Waals surface area contributed by atoms with E-state index in [0.29, 0.717) is 23.7 Å². The van der Waals surface area contributed by atoms with Crippen LogP contribution in [0.4, 0.5) is 15.8 Å². The molecule has 5 rings (SSSR count). The van der Waals surface area contributed by atoms with Crippen molar-refractivity contribution in [3.8, 4) is 28.7 Å². The van der Waals surface area contributed by atoms with Gasteiger partial charge in [0.2, 0.25) is 6.41 Å². The van der Waals surface area contributed by atoms with Gasteiger partial charge in [0.25, 0.3) is 0 Å². The van der Waals surface area contributed by atoms with Gasteiger partial charge in [-0.15, -0.1) is 0 Å². The Morgan fingerprint density at radius 3 is 2.07 bits per heavy atom. The van der Waals surface area contributed by atoms with Crippen LogP contribution >= 0.6 is 0 Å². The van der Waals surface area contributed by atoms with Gasteiger partial charge < -0.3 is 33.8 Å². The topological polar surface area (TPSA) is 162 Å². The normalized spacial score (nSPS) is 12.7. The standard InChI is InChI=1S/C18H18N2O3.C7H6FNO5S.C5H8O/c1-19-12-4-6-13(7-5-12)23-16-8-9-20-15-11-18(22-3)17(21-2)10-14(15)16;8-6-2-1-5(9-4-10)3-7(6)14-15(11,12)13;1-5(4-6)2-3-5/h4-11,19H,1-3H3;1-4H,(H,9,10)(H,11,12,13);4H,2-3H2,1H3. The van der Waals surface area contributed by atoms with Crippen molar-refractivity contribution in [3.05, 3.63) is 72.7 Å². The maximum Gasteiger partial charge on any atom is 0.446 e. The molecule has 1 amide bonds. The van der Waals surface area contributed by atoms with E-state index in [1.807, 2.05) is 56.4 Å². The van der Waals surface area contributed by atoms with Gasteiger partial charge in [-0.05, 0) is 61.4 Å². The lowest BCUT2D eigenvalue weighted by Gasteiger charge is -2.12. The predicted octanol–water partition coefficient (Wildman–Crippen LogP) is 5.65. The molecule has 0 radical (unpaired) electrons. The highest BCUT2D eigenvalue weighted by Crippen LogP contribution is 2.42. The van der Waals surface area contributed by atoms with E-state index in [0.717, 1.165) is 53.6 Å². The van der Waals surface area contributed by atoms with Crippen molar-refractivity contribution in [2.45, 2.75) is 19.8 Å². The summed E-state index contributed by atoms with van der Waals surface area (Å²) in [5.74, 6) is 1.07. The van der Waals surface area contributed by atoms with Crippen LogP contribution in [0.15, 0.2) is 66.9 Å². The second-order valence-corrected chi connectivity index (χ2v) is 10.6. The number of nitrogens with zero attached hydrogens (tertiary/aromatic N) is 1. The molecule has 1 saturated carbocycles. The minimum atomic E-state index is -4.79. The Morgan fingerprint density at radius 1 is 0.909 bits per heavy atom. The van der Waals surface area contributed by atoms with Gasteiger partial charge in [0.15, 0.2) is 23.1 Å². The maximum atomic E-state index is 12.9. The van der Waals surface area contributed by atoms with Crippen LogP contribution in [0.5, 0.6) is 28.7 Å². The van der Waals surface area contributed by atoms with E-state index in [4.69, 9.17) is 18.8 Å². The van der Waals surface area contributed by atoms with Gasteiger partial charge in [0, 0.05) is 47.6 Å². The van der Waals surface area contributed by atoms with Gasteiger partial charge in [-0.25, -0.2) is 4.39 Å². The lowest BCUT2D eigenvalue weighted by Crippen LogP contribution is -2.08. The quantitative estimate of drug-likeness (QED) is 0.147. The summed E-state index contributed by atoms with van der Waals surface area (Å²) in [5, 5.41) is 6.10. The molecule has 234 valence electrons. The summed E-state index contributed by atoms with van der Waals surface area (Å²) in [6.07, 6.45) is 5.30. The lowest BCUT2D eigenvalue weighted by atomic mass is 10.2. The zero-order valence-corrected chi connectivity index (χ0v) is 25.2. The maximum absolute atomic E-state index is 12.9. The number of halogens is 1. The number of carbonyl (C=O) groups is 2. The highest BCUT2D eigenvalue weighted by atomic mass is 32.3. The Bertz CT molecular complexity index is 1700. The van der Waals surface area contributed by atoms with E-state index in [1.54, 1.807) is 20.4 Å². The number of hydrogen-bond acceptors (Lipinski definition) is 10. The minimum Gasteiger partial charge on any atom is -0.493 e. The number of fused-ring (bicyclic) bond motifs is 1. The van der Waals surface area contributed by atoms with Gasteiger partial charge in [0.05, 0.1) is 19.7 Å². The molecule has 0 spiro atoms. The number of aldehydes is 1. The number of methoxy groups -OCH3 is 2. The average molecular weight is 630 g/mol. The molecule has 14 heteroatoms. The zero-order chi connectivity index (χ0) is 32.3. The molecule has 3 aromatic carbocycles. The molecule has 1 aliphatic rings. The first-order valence-electron chi connectivity index (χ1n) is 13.0. The fourth-order valence-electron chi connectivity index (χ4n) is 3.51. The average Bonchev–Trinajstić information content (AvgIpc) is 3.76. The van der Waals surface area contributed by atoms with E-state index in [2.05, 4.69) is 19.8 Å². The van der Waals surface area contributed by atoms with Crippen LogP contribution in [0.25, 0.3) is 10.9 Å². The fourth-order valence-corrected chi connectivity index (χ4v) is 3.86. The first-order chi connectivity index (χ1) is 20.9. The Labute approximate surface area is 254 Å². The van der Waals surface area contributed by atoms with Crippen molar-refractivity contribution in [1.82, 2.24) is 4.98 Å². The molecule has 12 nitrogen and oxygen atoms in total. The number of carbonyl (C=O) groups excluding carboxylic acids is 2. The number of nitrogens with one attached hydrogen (secondary N) is 2. The number of ether oxygens (including phenoxy) is 3. The fraction of sp³-hybridized carbons (Fsp3) is 0.233. The molecule has 1 fully saturated rings. The summed E-state index contributed by atoms with van der Waals surface area (Å²) in [5.41, 5.74) is 2.06. The van der Waals surface area contributed by atoms with Crippen LogP contribution < -0.4 is 29.0 Å². The van der Waals surface area contributed by atoms with Crippen LogP contribution in [0.3, 0.4) is 0 Å². The highest BCUT2D eigenvalue weighted by Gasteiger charge is 2.36. The Morgan fingerprint density at radius 2 is 1.55 bits per heavy atom. The largest absolute Gasteiger partial charge is 0.493 e. The summed E-state index contributed by atoms with van der Waals surface area (Å²) in [4.78, 5) is 24.3. The number of anilines is 2. The van der Waals surface area contributed by atoms with Crippen molar-refractivity contribution in [2.75, 3.05) is 31.9 Å². The Hall–Kier alpha value is -4.95. The molecule has 3 N–H and O–H groups in total. The summed E-state index contributed by atoms with van der Waals surface area (Å²) >= 11 is 0. The lowest BCUT2D eigenvalue weighted by molar-refractivity contribution is -0.111. The molecule has 0 saturated heterocycles. The van der Waals surface area contributed by atoms with Gasteiger partial charge in [-0.1, -0.05) is 6.92 Å². The van der Waals surface area contributed by atoms with E-state index < -0.39 is 22.0 Å². The van der Waals surface area contributed by atoms with Crippen molar-refractivity contribution < 1.29 is 45.3 Å². The van der Waals surface area contributed by atoms with Crippen LogP contribution in [-0.4, -0.2) is 51.9 Å². The van der Waals surface area contributed by atoms with Gasteiger partial charge in [0.1, 0.15) is 17.8 Å². The van der Waals surface area contributed by atoms with Gasteiger partial charge in [-0.3, -0.25) is 14.3 Å². The first kappa shape index (κ1) is 33.6. The van der Waals surface area contributed by atoms with Crippen molar-refractivity contribution in [2.24, 2.45) is 5.41 Å². The second kappa shape index (κ2) is 15.0. The molecular formula is C30H32FN3O9S. The molecule has 0 atom stereocenters. The van der Waals surface area contributed by atoms with Crippen molar-refractivity contribution in [1.29, 1.82) is 0 Å². The molecule has 0 aliphatic heterocycles. The summed E-state index contributed by atoms with van der Waals surface area (Å²) < 4.78 is 62.4. The molecule has 0 unspecified atom stereocenters. The van der Waals surface area contributed by atoms with E-state index in [1.165, 1.54) is 6.07 Å². The Kier molecular flexibility index (Phi) is 11.4. The Balaban J connectivity index is 0.000000215. The van der Waals surface area contributed by atoms with Crippen LogP contribution in [0.1, 0.15) is 19.8 Å². The number of rotatable bonds is 10. The molecule has 1 aromatic heterocycles. The van der Waals surface area contributed by atoms with Crippen LogP contribution in [0.2, 0.25) is 0 Å². The molecule has 44 heavy (non-hydrogen) atoms. The van der Waals surface area contributed by atoms with Crippen LogP contribution in [0, 0.1) is 11.2 Å². The third-order valence-electron chi connectivity index (χ3n) is 6.25. The molecule has 4 aromatic rings. The predicted molar refractivity (Wildman–Crippen MR) is 163 cm³/mol.